The molecule has 0 N–H and O–H groups in total. The van der Waals surface area contributed by atoms with Crippen molar-refractivity contribution in [2.24, 2.45) is 0 Å². The second-order valence-corrected chi connectivity index (χ2v) is 4.37. The summed E-state index contributed by atoms with van der Waals surface area (Å²) in [7, 11) is 0. The molecular formula is C16H12O5. The second-order valence-electron chi connectivity index (χ2n) is 4.37. The summed E-state index contributed by atoms with van der Waals surface area (Å²) in [4.78, 5) is 23.6. The zero-order valence-electron chi connectivity index (χ0n) is 11.3. The normalized spacial score (nSPS) is 10.7. The molecule has 0 saturated heterocycles. The predicted molar refractivity (Wildman–Crippen MR) is 76.1 cm³/mol. The first-order valence-corrected chi connectivity index (χ1v) is 6.49. The summed E-state index contributed by atoms with van der Waals surface area (Å²) in [5, 5.41) is 0.779. The molecule has 0 aliphatic carbocycles. The van der Waals surface area contributed by atoms with Gasteiger partial charge in [0.1, 0.15) is 16.9 Å². The maximum atomic E-state index is 12.0. The van der Waals surface area contributed by atoms with Crippen molar-refractivity contribution in [2.75, 3.05) is 6.61 Å². The lowest BCUT2D eigenvalue weighted by Crippen LogP contribution is -2.03. The topological polar surface area (TPSA) is 69.7 Å². The molecule has 2 heterocycles. The van der Waals surface area contributed by atoms with Crippen LogP contribution < -0.4 is 5.63 Å². The molecule has 3 rings (SSSR count). The molecule has 0 radical (unpaired) electrons. The molecule has 0 amide bonds. The summed E-state index contributed by atoms with van der Waals surface area (Å²) in [5.41, 5.74) is 0.256. The van der Waals surface area contributed by atoms with Crippen LogP contribution in [0.3, 0.4) is 0 Å². The van der Waals surface area contributed by atoms with Crippen LogP contribution in [-0.4, -0.2) is 12.6 Å². The van der Waals surface area contributed by atoms with Crippen molar-refractivity contribution in [1.29, 1.82) is 0 Å². The van der Waals surface area contributed by atoms with Crippen molar-refractivity contribution in [3.05, 3.63) is 58.6 Å². The van der Waals surface area contributed by atoms with E-state index in [0.29, 0.717) is 5.58 Å². The van der Waals surface area contributed by atoms with Crippen molar-refractivity contribution in [3.63, 3.8) is 0 Å². The van der Waals surface area contributed by atoms with Gasteiger partial charge in [-0.25, -0.2) is 9.59 Å². The Labute approximate surface area is 119 Å². The summed E-state index contributed by atoms with van der Waals surface area (Å²) in [6.07, 6.45) is 0. The summed E-state index contributed by atoms with van der Waals surface area (Å²) in [5.74, 6) is -0.231. The Balaban J connectivity index is 2.06. The lowest BCUT2D eigenvalue weighted by molar-refractivity contribution is 0.0491. The molecule has 0 bridgehead atoms. The number of fused-ring (bicyclic) bond motifs is 1. The van der Waals surface area contributed by atoms with E-state index in [1.54, 1.807) is 31.2 Å². The summed E-state index contributed by atoms with van der Waals surface area (Å²) >= 11 is 0. The van der Waals surface area contributed by atoms with Gasteiger partial charge in [-0.3, -0.25) is 0 Å². The van der Waals surface area contributed by atoms with Crippen LogP contribution in [0.25, 0.3) is 22.3 Å². The Morgan fingerprint density at radius 3 is 2.76 bits per heavy atom. The zero-order valence-corrected chi connectivity index (χ0v) is 11.3. The number of para-hydroxylation sites is 1. The van der Waals surface area contributed by atoms with Gasteiger partial charge in [0.2, 0.25) is 5.76 Å². The first-order chi connectivity index (χ1) is 10.2. The van der Waals surface area contributed by atoms with Crippen molar-refractivity contribution >= 4 is 16.9 Å². The molecule has 0 aliphatic rings. The van der Waals surface area contributed by atoms with Gasteiger partial charge in [0.15, 0.2) is 0 Å². The fourth-order valence-corrected chi connectivity index (χ4v) is 2.03. The highest BCUT2D eigenvalue weighted by Crippen LogP contribution is 2.23. The smallest absolute Gasteiger partial charge is 0.374 e. The molecule has 106 valence electrons. The SMILES string of the molecule is CCOC(=O)c1ccc(-c2cc3ccccc3oc2=O)o1. The number of rotatable bonds is 3. The molecule has 21 heavy (non-hydrogen) atoms. The lowest BCUT2D eigenvalue weighted by Gasteiger charge is -2.00. The van der Waals surface area contributed by atoms with Crippen LogP contribution in [0.15, 0.2) is 56.1 Å². The molecule has 0 aliphatic heterocycles. The number of hydrogen-bond donors (Lipinski definition) is 0. The average Bonchev–Trinajstić information content (AvgIpc) is 2.96. The molecular weight excluding hydrogens is 272 g/mol. The standard InChI is InChI=1S/C16H12O5/c1-2-19-16(18)14-8-7-13(20-14)11-9-10-5-3-4-6-12(10)21-15(11)17/h3-9H,2H2,1H3. The zero-order chi connectivity index (χ0) is 14.8. The van der Waals surface area contributed by atoms with E-state index in [-0.39, 0.29) is 23.7 Å². The molecule has 0 atom stereocenters. The Morgan fingerprint density at radius 1 is 1.14 bits per heavy atom. The fraction of sp³-hybridized carbons (Fsp3) is 0.125. The van der Waals surface area contributed by atoms with Crippen LogP contribution in [0.4, 0.5) is 0 Å². The van der Waals surface area contributed by atoms with Crippen LogP contribution in [-0.2, 0) is 4.74 Å². The quantitative estimate of drug-likeness (QED) is 0.545. The van der Waals surface area contributed by atoms with Gasteiger partial charge in [0.25, 0.3) is 0 Å². The van der Waals surface area contributed by atoms with Gasteiger partial charge in [-0.1, -0.05) is 18.2 Å². The van der Waals surface area contributed by atoms with Gasteiger partial charge in [-0.15, -0.1) is 0 Å². The molecule has 2 aromatic heterocycles. The molecule has 1 aromatic carbocycles. The number of carbonyl (C=O) groups excluding carboxylic acids is 1. The Hall–Kier alpha value is -2.82. The molecule has 0 saturated carbocycles. The van der Waals surface area contributed by atoms with Gasteiger partial charge in [-0.2, -0.15) is 0 Å². The first-order valence-electron chi connectivity index (χ1n) is 6.49. The Kier molecular flexibility index (Phi) is 3.31. The number of esters is 1. The maximum Gasteiger partial charge on any atom is 0.374 e. The van der Waals surface area contributed by atoms with Crippen molar-refractivity contribution in [1.82, 2.24) is 0 Å². The predicted octanol–water partition coefficient (Wildman–Crippen LogP) is 3.23. The van der Waals surface area contributed by atoms with E-state index in [9.17, 15) is 9.59 Å². The van der Waals surface area contributed by atoms with Crippen molar-refractivity contribution < 1.29 is 18.4 Å². The third-order valence-electron chi connectivity index (χ3n) is 2.99. The van der Waals surface area contributed by atoms with Gasteiger partial charge in [-0.05, 0) is 31.2 Å². The van der Waals surface area contributed by atoms with Crippen LogP contribution in [0.5, 0.6) is 0 Å². The van der Waals surface area contributed by atoms with Crippen molar-refractivity contribution in [3.8, 4) is 11.3 Å². The van der Waals surface area contributed by atoms with E-state index in [1.165, 1.54) is 6.07 Å². The van der Waals surface area contributed by atoms with Crippen LogP contribution in [0.1, 0.15) is 17.5 Å². The van der Waals surface area contributed by atoms with E-state index in [2.05, 4.69) is 0 Å². The second kappa shape index (κ2) is 5.28. The van der Waals surface area contributed by atoms with Gasteiger partial charge in [0, 0.05) is 5.39 Å². The number of carbonyl (C=O) groups is 1. The fourth-order valence-electron chi connectivity index (χ4n) is 2.03. The molecule has 5 nitrogen and oxygen atoms in total. The largest absolute Gasteiger partial charge is 0.460 e. The van der Waals surface area contributed by atoms with E-state index < -0.39 is 11.6 Å². The monoisotopic (exact) mass is 284 g/mol. The van der Waals surface area contributed by atoms with E-state index in [0.717, 1.165) is 5.39 Å². The van der Waals surface area contributed by atoms with Crippen LogP contribution in [0.2, 0.25) is 0 Å². The minimum atomic E-state index is -0.561. The third kappa shape index (κ3) is 2.45. The number of hydrogen-bond acceptors (Lipinski definition) is 5. The summed E-state index contributed by atoms with van der Waals surface area (Å²) in [6.45, 7) is 1.96. The minimum Gasteiger partial charge on any atom is -0.460 e. The summed E-state index contributed by atoms with van der Waals surface area (Å²) in [6, 6.07) is 11.9. The lowest BCUT2D eigenvalue weighted by atomic mass is 10.1. The Bertz CT molecular complexity index is 856. The highest BCUT2D eigenvalue weighted by atomic mass is 16.5. The Morgan fingerprint density at radius 2 is 1.95 bits per heavy atom. The molecule has 0 unspecified atom stereocenters. The molecule has 0 fully saturated rings. The van der Waals surface area contributed by atoms with Crippen molar-refractivity contribution in [2.45, 2.75) is 6.92 Å². The highest BCUT2D eigenvalue weighted by molar-refractivity contribution is 5.87. The number of furan rings is 1. The van der Waals surface area contributed by atoms with E-state index in [1.807, 2.05) is 12.1 Å². The minimum absolute atomic E-state index is 0.0550. The number of benzene rings is 1. The van der Waals surface area contributed by atoms with E-state index in [4.69, 9.17) is 13.6 Å². The average molecular weight is 284 g/mol. The van der Waals surface area contributed by atoms with Crippen LogP contribution >= 0.6 is 0 Å². The maximum absolute atomic E-state index is 12.0. The molecule has 3 aromatic rings. The first kappa shape index (κ1) is 13.2. The van der Waals surface area contributed by atoms with E-state index >= 15 is 0 Å². The van der Waals surface area contributed by atoms with Gasteiger partial charge < -0.3 is 13.6 Å². The molecule has 5 heteroatoms. The van der Waals surface area contributed by atoms with Crippen LogP contribution in [0, 0.1) is 0 Å². The third-order valence-corrected chi connectivity index (χ3v) is 2.99. The van der Waals surface area contributed by atoms with Gasteiger partial charge in [0.05, 0.1) is 6.61 Å². The molecule has 0 spiro atoms. The highest BCUT2D eigenvalue weighted by Gasteiger charge is 2.16. The van der Waals surface area contributed by atoms with Gasteiger partial charge >= 0.3 is 11.6 Å². The summed E-state index contributed by atoms with van der Waals surface area (Å²) < 4.78 is 15.5. The number of ether oxygens (including phenoxy) is 1.